The molecule has 2 amide bonds. The fourth-order valence-corrected chi connectivity index (χ4v) is 4.05. The monoisotopic (exact) mass is 438 g/mol. The van der Waals surface area contributed by atoms with E-state index in [9.17, 15) is 14.4 Å². The van der Waals surface area contributed by atoms with Gasteiger partial charge >= 0.3 is 0 Å². The molecule has 168 valence electrons. The highest BCUT2D eigenvalue weighted by atomic mass is 16.5. The molecule has 0 aromatic heterocycles. The molecule has 0 aliphatic carbocycles. The van der Waals surface area contributed by atoms with Gasteiger partial charge in [0.05, 0.1) is 12.8 Å². The zero-order valence-electron chi connectivity index (χ0n) is 18.2. The summed E-state index contributed by atoms with van der Waals surface area (Å²) in [5, 5.41) is 0. The highest BCUT2D eigenvalue weighted by molar-refractivity contribution is 6.05. The molecule has 2 aromatic carbocycles. The quantitative estimate of drug-likeness (QED) is 0.618. The number of methoxy groups -OCH3 is 1. The molecule has 4 rings (SSSR count). The lowest BCUT2D eigenvalue weighted by Gasteiger charge is -2.35. The van der Waals surface area contributed by atoms with Gasteiger partial charge in [-0.05, 0) is 50.1 Å². The second kappa shape index (κ2) is 9.30. The van der Waals surface area contributed by atoms with E-state index in [-0.39, 0.29) is 30.8 Å². The van der Waals surface area contributed by atoms with E-state index in [0.717, 1.165) is 12.8 Å². The van der Waals surface area contributed by atoms with Crippen LogP contribution in [0.2, 0.25) is 0 Å². The highest BCUT2D eigenvalue weighted by Gasteiger charge is 2.36. The number of carbonyl (C=O) groups excluding carboxylic acids is 3. The molecular formula is C24H26N2O6. The standard InChI is InChI=1S/C24H26N2O6/c1-16(24(29)25-11-5-6-12-25)26-18-13-17(9-10-20(18)32-15-23(26)28)19(27)14-31-22-8-4-3-7-21(22)30-2/h3-4,7-10,13,16H,5-6,11-12,14-15H2,1-2H3/t16-/m0/s1. The summed E-state index contributed by atoms with van der Waals surface area (Å²) in [7, 11) is 1.53. The van der Waals surface area contributed by atoms with Crippen LogP contribution < -0.4 is 19.1 Å². The third-order valence-electron chi connectivity index (χ3n) is 5.75. The molecule has 8 nitrogen and oxygen atoms in total. The summed E-state index contributed by atoms with van der Waals surface area (Å²) >= 11 is 0. The summed E-state index contributed by atoms with van der Waals surface area (Å²) < 4.78 is 16.4. The van der Waals surface area contributed by atoms with E-state index >= 15 is 0 Å². The van der Waals surface area contributed by atoms with Crippen molar-refractivity contribution >= 4 is 23.3 Å². The van der Waals surface area contributed by atoms with E-state index in [2.05, 4.69) is 0 Å². The first-order valence-electron chi connectivity index (χ1n) is 10.7. The highest BCUT2D eigenvalue weighted by Crippen LogP contribution is 2.35. The number of nitrogens with zero attached hydrogens (tertiary/aromatic N) is 2. The van der Waals surface area contributed by atoms with Crippen molar-refractivity contribution in [1.29, 1.82) is 0 Å². The van der Waals surface area contributed by atoms with Gasteiger partial charge in [-0.3, -0.25) is 19.3 Å². The van der Waals surface area contributed by atoms with Crippen molar-refractivity contribution in [2.45, 2.75) is 25.8 Å². The Morgan fingerprint density at radius 2 is 1.81 bits per heavy atom. The van der Waals surface area contributed by atoms with E-state index in [1.807, 2.05) is 6.07 Å². The number of fused-ring (bicyclic) bond motifs is 1. The summed E-state index contributed by atoms with van der Waals surface area (Å²) in [4.78, 5) is 41.7. The predicted molar refractivity (Wildman–Crippen MR) is 118 cm³/mol. The van der Waals surface area contributed by atoms with Crippen LogP contribution in [0.5, 0.6) is 17.2 Å². The van der Waals surface area contributed by atoms with Crippen molar-refractivity contribution in [2.75, 3.05) is 38.3 Å². The Morgan fingerprint density at radius 3 is 2.53 bits per heavy atom. The molecule has 0 unspecified atom stereocenters. The third-order valence-corrected chi connectivity index (χ3v) is 5.75. The van der Waals surface area contributed by atoms with Crippen LogP contribution in [0, 0.1) is 0 Å². The number of hydrogen-bond acceptors (Lipinski definition) is 6. The lowest BCUT2D eigenvalue weighted by atomic mass is 10.1. The summed E-state index contributed by atoms with van der Waals surface area (Å²) in [5.41, 5.74) is 0.784. The molecule has 0 spiro atoms. The van der Waals surface area contributed by atoms with Gasteiger partial charge in [0.25, 0.3) is 5.91 Å². The minimum Gasteiger partial charge on any atom is -0.493 e. The van der Waals surface area contributed by atoms with Gasteiger partial charge in [0.1, 0.15) is 11.8 Å². The van der Waals surface area contributed by atoms with Crippen LogP contribution in [0.15, 0.2) is 42.5 Å². The maximum absolute atomic E-state index is 12.9. The zero-order valence-corrected chi connectivity index (χ0v) is 18.2. The number of rotatable bonds is 7. The van der Waals surface area contributed by atoms with Gasteiger partial charge < -0.3 is 19.1 Å². The van der Waals surface area contributed by atoms with Crippen molar-refractivity contribution in [3.63, 3.8) is 0 Å². The van der Waals surface area contributed by atoms with Gasteiger partial charge in [-0.1, -0.05) is 12.1 Å². The number of benzene rings is 2. The molecule has 32 heavy (non-hydrogen) atoms. The number of ketones is 1. The maximum Gasteiger partial charge on any atom is 0.265 e. The topological polar surface area (TPSA) is 85.4 Å². The van der Waals surface area contributed by atoms with Crippen molar-refractivity contribution in [3.8, 4) is 17.2 Å². The average Bonchev–Trinajstić information content (AvgIpc) is 3.36. The van der Waals surface area contributed by atoms with Gasteiger partial charge in [0.2, 0.25) is 5.91 Å². The molecule has 2 heterocycles. The zero-order chi connectivity index (χ0) is 22.7. The Balaban J connectivity index is 1.54. The Bertz CT molecular complexity index is 1030. The third kappa shape index (κ3) is 4.26. The van der Waals surface area contributed by atoms with Gasteiger partial charge in [0.15, 0.2) is 30.5 Å². The van der Waals surface area contributed by atoms with E-state index in [1.54, 1.807) is 48.2 Å². The van der Waals surface area contributed by atoms with Crippen molar-refractivity contribution in [1.82, 2.24) is 4.90 Å². The number of hydrogen-bond donors (Lipinski definition) is 0. The number of carbonyl (C=O) groups is 3. The fraction of sp³-hybridized carbons (Fsp3) is 0.375. The lowest BCUT2D eigenvalue weighted by molar-refractivity contribution is -0.133. The molecule has 1 atom stereocenters. The molecule has 0 bridgehead atoms. The predicted octanol–water partition coefficient (Wildman–Crippen LogP) is 2.69. The second-order valence-electron chi connectivity index (χ2n) is 7.81. The second-order valence-corrected chi connectivity index (χ2v) is 7.81. The maximum atomic E-state index is 12.9. The van der Waals surface area contributed by atoms with Crippen LogP contribution in [-0.4, -0.2) is 62.0 Å². The molecule has 1 fully saturated rings. The fourth-order valence-electron chi connectivity index (χ4n) is 4.05. The number of anilines is 1. The van der Waals surface area contributed by atoms with E-state index in [0.29, 0.717) is 41.6 Å². The Morgan fingerprint density at radius 1 is 1.09 bits per heavy atom. The number of para-hydroxylation sites is 2. The summed E-state index contributed by atoms with van der Waals surface area (Å²) in [5.74, 6) is 0.784. The van der Waals surface area contributed by atoms with Crippen molar-refractivity contribution in [3.05, 3.63) is 48.0 Å². The van der Waals surface area contributed by atoms with Crippen molar-refractivity contribution < 1.29 is 28.6 Å². The van der Waals surface area contributed by atoms with Gasteiger partial charge in [-0.15, -0.1) is 0 Å². The lowest BCUT2D eigenvalue weighted by Crippen LogP contribution is -2.52. The summed E-state index contributed by atoms with van der Waals surface area (Å²) in [6.45, 7) is 2.78. The Kier molecular flexibility index (Phi) is 6.30. The normalized spacial score (nSPS) is 16.2. The van der Waals surface area contributed by atoms with Gasteiger partial charge in [0, 0.05) is 18.7 Å². The smallest absolute Gasteiger partial charge is 0.265 e. The largest absolute Gasteiger partial charge is 0.493 e. The average molecular weight is 438 g/mol. The number of likely N-dealkylation sites (tertiary alicyclic amines) is 1. The first-order chi connectivity index (χ1) is 15.5. The first kappa shape index (κ1) is 21.7. The molecule has 1 saturated heterocycles. The molecule has 2 aromatic rings. The first-order valence-corrected chi connectivity index (χ1v) is 10.7. The minimum atomic E-state index is -0.682. The van der Waals surface area contributed by atoms with Crippen LogP contribution in [0.4, 0.5) is 5.69 Å². The molecule has 0 saturated carbocycles. The molecular weight excluding hydrogens is 412 g/mol. The van der Waals surface area contributed by atoms with Crippen LogP contribution in [0.25, 0.3) is 0 Å². The summed E-state index contributed by atoms with van der Waals surface area (Å²) in [6.07, 6.45) is 1.94. The Labute approximate surface area is 186 Å². The minimum absolute atomic E-state index is 0.0973. The number of ether oxygens (including phenoxy) is 3. The van der Waals surface area contributed by atoms with Crippen molar-refractivity contribution in [2.24, 2.45) is 0 Å². The molecule has 0 N–H and O–H groups in total. The van der Waals surface area contributed by atoms with Crippen LogP contribution in [0.3, 0.4) is 0 Å². The van der Waals surface area contributed by atoms with Gasteiger partial charge in [-0.25, -0.2) is 0 Å². The van der Waals surface area contributed by atoms with Gasteiger partial charge in [-0.2, -0.15) is 0 Å². The van der Waals surface area contributed by atoms with Crippen LogP contribution >= 0.6 is 0 Å². The SMILES string of the molecule is COc1ccccc1OCC(=O)c1ccc2c(c1)N([C@@H](C)C(=O)N1CCCC1)C(=O)CO2. The molecule has 2 aliphatic heterocycles. The van der Waals surface area contributed by atoms with Crippen LogP contribution in [-0.2, 0) is 9.59 Å². The summed E-state index contributed by atoms with van der Waals surface area (Å²) in [6, 6.07) is 11.3. The van der Waals surface area contributed by atoms with E-state index in [4.69, 9.17) is 14.2 Å². The molecule has 8 heteroatoms. The molecule has 0 radical (unpaired) electrons. The number of amides is 2. The van der Waals surface area contributed by atoms with E-state index in [1.165, 1.54) is 12.0 Å². The number of Topliss-reactive ketones (excluding diaryl/α,β-unsaturated/α-hetero) is 1. The molecule has 2 aliphatic rings. The van der Waals surface area contributed by atoms with Crippen LogP contribution in [0.1, 0.15) is 30.1 Å². The Hall–Kier alpha value is -3.55. The van der Waals surface area contributed by atoms with E-state index < -0.39 is 6.04 Å².